The maximum absolute atomic E-state index is 9.11. The number of hydrogen-bond donors (Lipinski definition) is 2. The molecule has 1 aromatic carbocycles. The molecule has 1 rings (SSSR count). The third kappa shape index (κ3) is 4.97. The third-order valence-corrected chi connectivity index (χ3v) is 2.65. The average molecular weight is 244 g/mol. The van der Waals surface area contributed by atoms with Crippen molar-refractivity contribution < 1.29 is 5.11 Å². The summed E-state index contributed by atoms with van der Waals surface area (Å²) in [5, 5.41) is 12.5. The van der Waals surface area contributed by atoms with Crippen LogP contribution >= 0.6 is 12.4 Å². The van der Waals surface area contributed by atoms with Crippen LogP contribution in [0, 0.1) is 0 Å². The lowest BCUT2D eigenvalue weighted by atomic mass is 9.99. The van der Waals surface area contributed by atoms with Crippen molar-refractivity contribution in [3.8, 4) is 0 Å². The first-order chi connectivity index (χ1) is 7.05. The topological polar surface area (TPSA) is 32.3 Å². The summed E-state index contributed by atoms with van der Waals surface area (Å²) in [6, 6.07) is 10.4. The van der Waals surface area contributed by atoms with Crippen LogP contribution in [0.4, 0.5) is 0 Å². The van der Waals surface area contributed by atoms with Crippen LogP contribution in [0.3, 0.4) is 0 Å². The molecule has 0 saturated carbocycles. The van der Waals surface area contributed by atoms with Gasteiger partial charge in [-0.3, -0.25) is 0 Å². The molecule has 0 spiro atoms. The molecule has 1 aromatic rings. The smallest absolute Gasteiger partial charge is 0.0607 e. The van der Waals surface area contributed by atoms with Crippen molar-refractivity contribution >= 4 is 12.4 Å². The van der Waals surface area contributed by atoms with Crippen molar-refractivity contribution in [2.45, 2.75) is 32.2 Å². The molecule has 0 radical (unpaired) electrons. The van der Waals surface area contributed by atoms with E-state index >= 15 is 0 Å². The summed E-state index contributed by atoms with van der Waals surface area (Å²) in [7, 11) is 0. The Morgan fingerprint density at radius 3 is 2.31 bits per heavy atom. The van der Waals surface area contributed by atoms with Crippen molar-refractivity contribution in [3.63, 3.8) is 0 Å². The zero-order chi connectivity index (χ0) is 11.3. The summed E-state index contributed by atoms with van der Waals surface area (Å²) in [6.45, 7) is 7.25. The van der Waals surface area contributed by atoms with E-state index in [0.29, 0.717) is 5.92 Å². The molecule has 0 aliphatic heterocycles. The van der Waals surface area contributed by atoms with Gasteiger partial charge in [0.1, 0.15) is 0 Å². The van der Waals surface area contributed by atoms with Gasteiger partial charge in [0.15, 0.2) is 0 Å². The molecule has 0 saturated heterocycles. The van der Waals surface area contributed by atoms with Crippen molar-refractivity contribution in [2.75, 3.05) is 13.2 Å². The fourth-order valence-electron chi connectivity index (χ4n) is 1.38. The summed E-state index contributed by atoms with van der Waals surface area (Å²) in [5.74, 6) is 0.469. The highest BCUT2D eigenvalue weighted by atomic mass is 35.5. The minimum absolute atomic E-state index is 0. The van der Waals surface area contributed by atoms with Gasteiger partial charge in [-0.25, -0.2) is 0 Å². The predicted octanol–water partition coefficient (Wildman–Crippen LogP) is 2.57. The van der Waals surface area contributed by atoms with E-state index in [9.17, 15) is 0 Å². The predicted molar refractivity (Wildman–Crippen MR) is 71.3 cm³/mol. The highest BCUT2D eigenvalue weighted by Gasteiger charge is 2.16. The van der Waals surface area contributed by atoms with Crippen LogP contribution in [0.15, 0.2) is 30.3 Å². The number of halogens is 1. The quantitative estimate of drug-likeness (QED) is 0.833. The molecule has 0 amide bonds. The molecule has 1 unspecified atom stereocenters. The normalized spacial score (nSPS) is 13.0. The maximum Gasteiger partial charge on any atom is 0.0607 e. The Hall–Kier alpha value is -0.570. The third-order valence-electron chi connectivity index (χ3n) is 2.65. The zero-order valence-corrected chi connectivity index (χ0v) is 11.1. The number of rotatable bonds is 5. The van der Waals surface area contributed by atoms with Gasteiger partial charge in [0.05, 0.1) is 6.61 Å². The zero-order valence-electron chi connectivity index (χ0n) is 10.2. The van der Waals surface area contributed by atoms with Crippen LogP contribution < -0.4 is 5.32 Å². The van der Waals surface area contributed by atoms with Gasteiger partial charge in [-0.1, -0.05) is 37.3 Å². The van der Waals surface area contributed by atoms with E-state index in [1.807, 2.05) is 19.9 Å². The largest absolute Gasteiger partial charge is 0.394 e. The van der Waals surface area contributed by atoms with Crippen LogP contribution in [-0.4, -0.2) is 23.8 Å². The first kappa shape index (κ1) is 15.4. The second-order valence-electron chi connectivity index (χ2n) is 4.73. The number of nitrogens with one attached hydrogen (secondary N) is 1. The molecule has 0 aromatic heterocycles. The fraction of sp³-hybridized carbons (Fsp3) is 0.538. The lowest BCUT2D eigenvalue weighted by Gasteiger charge is -2.25. The second kappa shape index (κ2) is 6.89. The molecule has 2 nitrogen and oxygen atoms in total. The Morgan fingerprint density at radius 2 is 1.81 bits per heavy atom. The van der Waals surface area contributed by atoms with Crippen molar-refractivity contribution in [1.29, 1.82) is 0 Å². The molecule has 3 heteroatoms. The van der Waals surface area contributed by atoms with Gasteiger partial charge in [0.25, 0.3) is 0 Å². The molecule has 0 bridgehead atoms. The molecule has 0 fully saturated rings. The molecular weight excluding hydrogens is 222 g/mol. The lowest BCUT2D eigenvalue weighted by Crippen LogP contribution is -2.44. The average Bonchev–Trinajstić information content (AvgIpc) is 2.27. The van der Waals surface area contributed by atoms with Crippen LogP contribution in [0.5, 0.6) is 0 Å². The summed E-state index contributed by atoms with van der Waals surface area (Å²) in [4.78, 5) is 0. The van der Waals surface area contributed by atoms with E-state index in [1.165, 1.54) is 5.56 Å². The van der Waals surface area contributed by atoms with Crippen LogP contribution in [0.2, 0.25) is 0 Å². The minimum Gasteiger partial charge on any atom is -0.394 e. The van der Waals surface area contributed by atoms with Gasteiger partial charge in [-0.15, -0.1) is 12.4 Å². The van der Waals surface area contributed by atoms with E-state index in [-0.39, 0.29) is 24.6 Å². The maximum atomic E-state index is 9.11. The Bertz CT molecular complexity index is 287. The van der Waals surface area contributed by atoms with Gasteiger partial charge in [0.2, 0.25) is 0 Å². The Morgan fingerprint density at radius 1 is 1.25 bits per heavy atom. The van der Waals surface area contributed by atoms with Gasteiger partial charge in [0, 0.05) is 12.1 Å². The van der Waals surface area contributed by atoms with E-state index in [1.54, 1.807) is 0 Å². The van der Waals surface area contributed by atoms with E-state index in [2.05, 4.69) is 36.5 Å². The number of benzene rings is 1. The SMILES string of the molecule is CC(CNC(C)(C)CO)c1ccccc1.Cl. The van der Waals surface area contributed by atoms with Crippen molar-refractivity contribution in [1.82, 2.24) is 5.32 Å². The summed E-state index contributed by atoms with van der Waals surface area (Å²) in [6.07, 6.45) is 0. The molecular formula is C13H22ClNO. The summed E-state index contributed by atoms with van der Waals surface area (Å²) in [5.41, 5.74) is 1.14. The molecule has 92 valence electrons. The monoisotopic (exact) mass is 243 g/mol. The number of aliphatic hydroxyl groups excluding tert-OH is 1. The minimum atomic E-state index is -0.191. The van der Waals surface area contributed by atoms with Gasteiger partial charge in [-0.05, 0) is 25.3 Å². The second-order valence-corrected chi connectivity index (χ2v) is 4.73. The Balaban J connectivity index is 0.00000225. The van der Waals surface area contributed by atoms with Gasteiger partial charge in [-0.2, -0.15) is 0 Å². The van der Waals surface area contributed by atoms with Gasteiger partial charge < -0.3 is 10.4 Å². The van der Waals surface area contributed by atoms with E-state index < -0.39 is 0 Å². The van der Waals surface area contributed by atoms with Gasteiger partial charge >= 0.3 is 0 Å². The molecule has 0 heterocycles. The molecule has 0 aliphatic rings. The summed E-state index contributed by atoms with van der Waals surface area (Å²) < 4.78 is 0. The van der Waals surface area contributed by atoms with E-state index in [4.69, 9.17) is 5.11 Å². The van der Waals surface area contributed by atoms with Crippen molar-refractivity contribution in [3.05, 3.63) is 35.9 Å². The summed E-state index contributed by atoms with van der Waals surface area (Å²) >= 11 is 0. The fourth-order valence-corrected chi connectivity index (χ4v) is 1.38. The Labute approximate surface area is 104 Å². The first-order valence-corrected chi connectivity index (χ1v) is 5.46. The first-order valence-electron chi connectivity index (χ1n) is 5.46. The molecule has 16 heavy (non-hydrogen) atoms. The number of hydrogen-bond acceptors (Lipinski definition) is 2. The Kier molecular flexibility index (Phi) is 6.65. The highest BCUT2D eigenvalue weighted by molar-refractivity contribution is 5.85. The van der Waals surface area contributed by atoms with Crippen LogP contribution in [0.1, 0.15) is 32.3 Å². The molecule has 1 atom stereocenters. The number of aliphatic hydroxyl groups is 1. The highest BCUT2D eigenvalue weighted by Crippen LogP contribution is 2.14. The van der Waals surface area contributed by atoms with Crippen LogP contribution in [-0.2, 0) is 0 Å². The van der Waals surface area contributed by atoms with Crippen LogP contribution in [0.25, 0.3) is 0 Å². The molecule has 2 N–H and O–H groups in total. The molecule has 0 aliphatic carbocycles. The standard InChI is InChI=1S/C13H21NO.ClH/c1-11(9-14-13(2,3)10-15)12-7-5-4-6-8-12;/h4-8,11,14-15H,9-10H2,1-3H3;1H. The van der Waals surface area contributed by atoms with E-state index in [0.717, 1.165) is 6.54 Å². The lowest BCUT2D eigenvalue weighted by molar-refractivity contribution is 0.187. The van der Waals surface area contributed by atoms with Crippen molar-refractivity contribution in [2.24, 2.45) is 0 Å².